The van der Waals surface area contributed by atoms with Crippen LogP contribution in [0.25, 0.3) is 10.9 Å². The molecule has 0 radical (unpaired) electrons. The number of benzene rings is 1. The lowest BCUT2D eigenvalue weighted by Crippen LogP contribution is -2.38. The third-order valence-electron chi connectivity index (χ3n) is 5.03. The number of hydrogen-bond acceptors (Lipinski definition) is 4. The van der Waals surface area contributed by atoms with Crippen LogP contribution >= 0.6 is 24.8 Å². The van der Waals surface area contributed by atoms with Gasteiger partial charge in [-0.05, 0) is 37.1 Å². The summed E-state index contributed by atoms with van der Waals surface area (Å²) in [6.07, 6.45) is 3.67. The number of nitrogens with two attached hydrogens (primary N) is 1. The SMILES string of the molecule is Cl.Cl.NC1(C(=O)Nc2ccc3c(ccn3CCN3CCOCC3)c2)CC1. The Kier molecular flexibility index (Phi) is 6.93. The van der Waals surface area contributed by atoms with Crippen LogP contribution in [0.4, 0.5) is 5.69 Å². The van der Waals surface area contributed by atoms with Crippen molar-refractivity contribution in [2.24, 2.45) is 5.73 Å². The summed E-state index contributed by atoms with van der Waals surface area (Å²) in [4.78, 5) is 14.5. The van der Waals surface area contributed by atoms with Crippen molar-refractivity contribution in [2.45, 2.75) is 24.9 Å². The minimum absolute atomic E-state index is 0. The van der Waals surface area contributed by atoms with E-state index in [0.717, 1.165) is 63.3 Å². The Hall–Kier alpha value is -1.31. The average molecular weight is 401 g/mol. The van der Waals surface area contributed by atoms with Gasteiger partial charge in [0.25, 0.3) is 0 Å². The molecule has 2 aromatic rings. The molecular weight excluding hydrogens is 375 g/mol. The fraction of sp³-hybridized carbons (Fsp3) is 0.500. The Morgan fingerprint density at radius 1 is 1.15 bits per heavy atom. The average Bonchev–Trinajstić information content (AvgIpc) is 3.23. The number of carbonyl (C=O) groups is 1. The van der Waals surface area contributed by atoms with E-state index in [-0.39, 0.29) is 30.7 Å². The van der Waals surface area contributed by atoms with Crippen molar-refractivity contribution < 1.29 is 9.53 Å². The molecule has 1 amide bonds. The number of nitrogens with one attached hydrogen (secondary N) is 1. The first-order valence-corrected chi connectivity index (χ1v) is 8.63. The Morgan fingerprint density at radius 3 is 2.58 bits per heavy atom. The number of hydrogen-bond donors (Lipinski definition) is 2. The lowest BCUT2D eigenvalue weighted by Gasteiger charge is -2.26. The summed E-state index contributed by atoms with van der Waals surface area (Å²) in [5, 5.41) is 4.07. The van der Waals surface area contributed by atoms with Gasteiger partial charge in [0.15, 0.2) is 0 Å². The van der Waals surface area contributed by atoms with E-state index in [0.29, 0.717) is 0 Å². The minimum atomic E-state index is -0.640. The van der Waals surface area contributed by atoms with Crippen LogP contribution in [-0.2, 0) is 16.1 Å². The van der Waals surface area contributed by atoms with E-state index >= 15 is 0 Å². The monoisotopic (exact) mass is 400 g/mol. The fourth-order valence-corrected chi connectivity index (χ4v) is 3.16. The number of nitrogens with zero attached hydrogens (tertiary/aromatic N) is 2. The largest absolute Gasteiger partial charge is 0.379 e. The van der Waals surface area contributed by atoms with Crippen LogP contribution < -0.4 is 11.1 Å². The molecule has 1 aromatic carbocycles. The number of ether oxygens (including phenoxy) is 1. The van der Waals surface area contributed by atoms with Crippen LogP contribution in [0, 0.1) is 0 Å². The van der Waals surface area contributed by atoms with Gasteiger partial charge in [0.05, 0.1) is 18.8 Å². The number of halogens is 2. The van der Waals surface area contributed by atoms with E-state index < -0.39 is 5.54 Å². The molecule has 26 heavy (non-hydrogen) atoms. The van der Waals surface area contributed by atoms with E-state index in [4.69, 9.17) is 10.5 Å². The summed E-state index contributed by atoms with van der Waals surface area (Å²) in [7, 11) is 0. The van der Waals surface area contributed by atoms with Crippen LogP contribution in [0.5, 0.6) is 0 Å². The highest BCUT2D eigenvalue weighted by atomic mass is 35.5. The smallest absolute Gasteiger partial charge is 0.244 e. The second-order valence-electron chi connectivity index (χ2n) is 6.85. The summed E-state index contributed by atoms with van der Waals surface area (Å²) < 4.78 is 7.65. The van der Waals surface area contributed by atoms with Crippen molar-refractivity contribution in [1.82, 2.24) is 9.47 Å². The molecule has 0 atom stereocenters. The third-order valence-corrected chi connectivity index (χ3v) is 5.03. The minimum Gasteiger partial charge on any atom is -0.379 e. The van der Waals surface area contributed by atoms with Gasteiger partial charge in [-0.25, -0.2) is 0 Å². The molecule has 1 saturated carbocycles. The first-order valence-electron chi connectivity index (χ1n) is 8.63. The highest BCUT2D eigenvalue weighted by Crippen LogP contribution is 2.33. The fourth-order valence-electron chi connectivity index (χ4n) is 3.16. The Labute approximate surface area is 165 Å². The zero-order valence-corrected chi connectivity index (χ0v) is 16.3. The maximum Gasteiger partial charge on any atom is 0.244 e. The Bertz CT molecular complexity index is 755. The molecule has 2 fully saturated rings. The standard InChI is InChI=1S/C18H24N4O2.2ClH/c19-18(4-5-18)17(23)20-15-1-2-16-14(13-15)3-6-22(16)8-7-21-9-11-24-12-10-21;;/h1-3,6,13H,4-5,7-12,19H2,(H,20,23);2*1H. The summed E-state index contributed by atoms with van der Waals surface area (Å²) >= 11 is 0. The van der Waals surface area contributed by atoms with Crippen LogP contribution in [0.1, 0.15) is 12.8 Å². The molecule has 0 bridgehead atoms. The number of fused-ring (bicyclic) bond motifs is 1. The van der Waals surface area contributed by atoms with E-state index in [2.05, 4.69) is 33.1 Å². The number of morpholine rings is 1. The molecule has 2 heterocycles. The van der Waals surface area contributed by atoms with E-state index in [1.54, 1.807) is 0 Å². The van der Waals surface area contributed by atoms with Crippen molar-refractivity contribution in [3.63, 3.8) is 0 Å². The molecule has 0 spiro atoms. The first-order chi connectivity index (χ1) is 11.6. The van der Waals surface area contributed by atoms with Crippen LogP contribution in [0.15, 0.2) is 30.5 Å². The number of rotatable bonds is 5. The maximum absolute atomic E-state index is 12.1. The van der Waals surface area contributed by atoms with Gasteiger partial charge in [-0.3, -0.25) is 9.69 Å². The quantitative estimate of drug-likeness (QED) is 0.806. The molecular formula is C18H26Cl2N4O2. The molecule has 1 aliphatic heterocycles. The second-order valence-corrected chi connectivity index (χ2v) is 6.85. The lowest BCUT2D eigenvalue weighted by atomic mass is 10.2. The number of anilines is 1. The van der Waals surface area contributed by atoms with Gasteiger partial charge in [0.2, 0.25) is 5.91 Å². The molecule has 2 aliphatic rings. The molecule has 1 aromatic heterocycles. The zero-order chi connectivity index (χ0) is 16.6. The third kappa shape index (κ3) is 4.50. The lowest BCUT2D eigenvalue weighted by molar-refractivity contribution is -0.118. The van der Waals surface area contributed by atoms with Gasteiger partial charge in [0.1, 0.15) is 0 Å². The molecule has 144 valence electrons. The van der Waals surface area contributed by atoms with Crippen LogP contribution in [-0.4, -0.2) is 53.8 Å². The summed E-state index contributed by atoms with van der Waals surface area (Å²) in [6.45, 7) is 5.67. The van der Waals surface area contributed by atoms with Crippen LogP contribution in [0.2, 0.25) is 0 Å². The molecule has 6 nitrogen and oxygen atoms in total. The maximum atomic E-state index is 12.1. The molecule has 8 heteroatoms. The molecule has 4 rings (SSSR count). The normalized spacial score (nSPS) is 18.7. The number of amides is 1. The van der Waals surface area contributed by atoms with Crippen molar-refractivity contribution in [1.29, 1.82) is 0 Å². The predicted octanol–water partition coefficient (Wildman–Crippen LogP) is 2.25. The number of aromatic nitrogens is 1. The van der Waals surface area contributed by atoms with Crippen molar-refractivity contribution in [3.8, 4) is 0 Å². The predicted molar refractivity (Wildman–Crippen MR) is 108 cm³/mol. The van der Waals surface area contributed by atoms with Gasteiger partial charge in [-0.2, -0.15) is 0 Å². The van der Waals surface area contributed by atoms with Gasteiger partial charge in [-0.15, -0.1) is 24.8 Å². The summed E-state index contributed by atoms with van der Waals surface area (Å²) in [5.41, 5.74) is 7.30. The highest BCUT2D eigenvalue weighted by molar-refractivity contribution is 6.01. The van der Waals surface area contributed by atoms with Gasteiger partial charge >= 0.3 is 0 Å². The molecule has 1 saturated heterocycles. The van der Waals surface area contributed by atoms with E-state index in [9.17, 15) is 4.79 Å². The van der Waals surface area contributed by atoms with E-state index in [1.807, 2.05) is 12.1 Å². The molecule has 1 aliphatic carbocycles. The van der Waals surface area contributed by atoms with Gasteiger partial charge in [0, 0.05) is 49.0 Å². The summed E-state index contributed by atoms with van der Waals surface area (Å²) in [6, 6.07) is 8.14. The van der Waals surface area contributed by atoms with Gasteiger partial charge < -0.3 is 20.4 Å². The molecule has 0 unspecified atom stereocenters. The van der Waals surface area contributed by atoms with Crippen LogP contribution in [0.3, 0.4) is 0 Å². The van der Waals surface area contributed by atoms with Crippen molar-refractivity contribution in [2.75, 3.05) is 38.2 Å². The van der Waals surface area contributed by atoms with E-state index in [1.165, 1.54) is 5.52 Å². The summed E-state index contributed by atoms with van der Waals surface area (Å²) in [5.74, 6) is -0.0754. The second kappa shape index (κ2) is 8.59. The van der Waals surface area contributed by atoms with Crippen molar-refractivity contribution >= 4 is 47.3 Å². The molecule has 3 N–H and O–H groups in total. The topological polar surface area (TPSA) is 72.5 Å². The van der Waals surface area contributed by atoms with Gasteiger partial charge in [-0.1, -0.05) is 0 Å². The zero-order valence-electron chi connectivity index (χ0n) is 14.6. The highest BCUT2D eigenvalue weighted by Gasteiger charge is 2.45. The Morgan fingerprint density at radius 2 is 1.88 bits per heavy atom. The Balaban J connectivity index is 0.00000121. The number of carbonyl (C=O) groups excluding carboxylic acids is 1. The first kappa shape index (κ1) is 21.0. The van der Waals surface area contributed by atoms with Crippen molar-refractivity contribution in [3.05, 3.63) is 30.5 Å².